The zero-order chi connectivity index (χ0) is 33.2. The van der Waals surface area contributed by atoms with Crippen LogP contribution in [0.2, 0.25) is 0 Å². The van der Waals surface area contributed by atoms with Crippen LogP contribution < -0.4 is 10.6 Å². The van der Waals surface area contributed by atoms with Crippen molar-refractivity contribution in [2.45, 2.75) is 65.1 Å². The summed E-state index contributed by atoms with van der Waals surface area (Å²) in [6.45, 7) is 7.95. The number of hydrogen-bond donors (Lipinski definition) is 2. The summed E-state index contributed by atoms with van der Waals surface area (Å²) in [6, 6.07) is 8.50. The Kier molecular flexibility index (Phi) is 10.2. The van der Waals surface area contributed by atoms with E-state index < -0.39 is 35.7 Å². The van der Waals surface area contributed by atoms with Gasteiger partial charge in [-0.3, -0.25) is 23.5 Å². The molecule has 2 heterocycles. The van der Waals surface area contributed by atoms with E-state index in [4.69, 9.17) is 9.47 Å². The van der Waals surface area contributed by atoms with Crippen LogP contribution in [0.5, 0.6) is 0 Å². The topological polar surface area (TPSA) is 138 Å². The standard InChI is InChI=1S/C32H34Br2N4O7/c1-17(39)37-15-19(23-9-7-21(33)13-27(23)37)11-25(36-31(43)45-32(3,4)5)29(41)35-26(30(42)44-6)12-20-16-38(18(2)40)28-14-22(34)8-10-24(20)28/h7-10,13-16,25-26H,11-12H2,1-6H3,(H,35,41)(H,36,43)/t25-,26-/m0/s1. The minimum Gasteiger partial charge on any atom is -0.467 e. The molecule has 4 aromatic rings. The first kappa shape index (κ1) is 33.9. The van der Waals surface area contributed by atoms with Crippen LogP contribution in [0.4, 0.5) is 4.79 Å². The van der Waals surface area contributed by atoms with E-state index in [0.717, 1.165) is 14.3 Å². The number of carbonyl (C=O) groups is 5. The van der Waals surface area contributed by atoms with E-state index in [1.54, 1.807) is 45.3 Å². The molecule has 2 N–H and O–H groups in total. The van der Waals surface area contributed by atoms with Crippen molar-refractivity contribution in [3.63, 3.8) is 0 Å². The van der Waals surface area contributed by atoms with Crippen LogP contribution in [0.25, 0.3) is 21.8 Å². The average Bonchev–Trinajstić information content (AvgIpc) is 3.48. The first-order valence-corrected chi connectivity index (χ1v) is 15.6. The van der Waals surface area contributed by atoms with Gasteiger partial charge in [-0.25, -0.2) is 9.59 Å². The van der Waals surface area contributed by atoms with Gasteiger partial charge in [0.05, 0.1) is 18.1 Å². The number of carbonyl (C=O) groups excluding carboxylic acids is 5. The van der Waals surface area contributed by atoms with Gasteiger partial charge in [-0.1, -0.05) is 44.0 Å². The number of benzene rings is 2. The van der Waals surface area contributed by atoms with Crippen molar-refractivity contribution in [2.75, 3.05) is 7.11 Å². The first-order valence-electron chi connectivity index (χ1n) is 14.1. The third kappa shape index (κ3) is 8.01. The summed E-state index contributed by atoms with van der Waals surface area (Å²) in [5, 5.41) is 6.81. The van der Waals surface area contributed by atoms with Crippen molar-refractivity contribution in [3.8, 4) is 0 Å². The minimum atomic E-state index is -1.20. The van der Waals surface area contributed by atoms with E-state index in [1.165, 1.54) is 30.1 Å². The second-order valence-electron chi connectivity index (χ2n) is 11.6. The smallest absolute Gasteiger partial charge is 0.408 e. The zero-order valence-electron chi connectivity index (χ0n) is 25.7. The molecule has 0 aliphatic rings. The Balaban J connectivity index is 1.70. The van der Waals surface area contributed by atoms with Gasteiger partial charge in [0.25, 0.3) is 0 Å². The van der Waals surface area contributed by atoms with Gasteiger partial charge in [0, 0.05) is 58.8 Å². The summed E-state index contributed by atoms with van der Waals surface area (Å²) in [6.07, 6.45) is 2.42. The molecule has 0 radical (unpaired) electrons. The average molecular weight is 746 g/mol. The highest BCUT2D eigenvalue weighted by molar-refractivity contribution is 9.10. The maximum absolute atomic E-state index is 13.9. The predicted octanol–water partition coefficient (Wildman–Crippen LogP) is 5.78. The molecule has 0 aliphatic carbocycles. The van der Waals surface area contributed by atoms with Gasteiger partial charge < -0.3 is 20.1 Å². The minimum absolute atomic E-state index is 0.00759. The molecule has 2 aromatic heterocycles. The lowest BCUT2D eigenvalue weighted by molar-refractivity contribution is -0.145. The van der Waals surface area contributed by atoms with Gasteiger partial charge in [0.1, 0.15) is 17.7 Å². The summed E-state index contributed by atoms with van der Waals surface area (Å²) < 4.78 is 14.9. The van der Waals surface area contributed by atoms with E-state index in [0.29, 0.717) is 27.5 Å². The van der Waals surface area contributed by atoms with Gasteiger partial charge in [0.15, 0.2) is 0 Å². The second kappa shape index (κ2) is 13.6. The van der Waals surface area contributed by atoms with E-state index in [9.17, 15) is 24.0 Å². The Labute approximate surface area is 276 Å². The number of amides is 2. The number of nitrogens with zero attached hydrogens (tertiary/aromatic N) is 2. The molecule has 0 spiro atoms. The fraction of sp³-hybridized carbons (Fsp3) is 0.344. The lowest BCUT2D eigenvalue weighted by atomic mass is 10.0. The zero-order valence-corrected chi connectivity index (χ0v) is 28.9. The third-order valence-electron chi connectivity index (χ3n) is 7.04. The molecule has 2 aromatic carbocycles. The summed E-state index contributed by atoms with van der Waals surface area (Å²) >= 11 is 6.86. The molecule has 11 nitrogen and oxygen atoms in total. The Bertz CT molecular complexity index is 1820. The highest BCUT2D eigenvalue weighted by Gasteiger charge is 2.31. The highest BCUT2D eigenvalue weighted by Crippen LogP contribution is 2.28. The Hall–Kier alpha value is -3.97. The fourth-order valence-corrected chi connectivity index (χ4v) is 5.79. The SMILES string of the molecule is COC(=O)[C@H](Cc1cn(C(C)=O)c2cc(Br)ccc12)NC(=O)[C@H](Cc1cn(C(C)=O)c2cc(Br)ccc12)NC(=O)OC(C)(C)C. The number of alkyl carbamates (subject to hydrolysis) is 1. The van der Waals surface area contributed by atoms with Crippen LogP contribution in [0.1, 0.15) is 55.3 Å². The van der Waals surface area contributed by atoms with Gasteiger partial charge in [0.2, 0.25) is 17.7 Å². The number of aromatic nitrogens is 2. The third-order valence-corrected chi connectivity index (χ3v) is 8.02. The Morgan fingerprint density at radius 1 is 0.778 bits per heavy atom. The molecule has 0 aliphatic heterocycles. The lowest BCUT2D eigenvalue weighted by Crippen LogP contribution is -2.53. The van der Waals surface area contributed by atoms with Crippen molar-refractivity contribution in [1.29, 1.82) is 0 Å². The van der Waals surface area contributed by atoms with Crippen LogP contribution in [0.3, 0.4) is 0 Å². The number of esters is 1. The molecule has 4 rings (SSSR count). The molecule has 2 atom stereocenters. The van der Waals surface area contributed by atoms with Crippen molar-refractivity contribution in [3.05, 3.63) is 68.9 Å². The number of nitrogens with one attached hydrogen (secondary N) is 2. The quantitative estimate of drug-likeness (QED) is 0.218. The van der Waals surface area contributed by atoms with Gasteiger partial charge in [-0.05, 0) is 56.2 Å². The summed E-state index contributed by atoms with van der Waals surface area (Å²) in [4.78, 5) is 64.5. The van der Waals surface area contributed by atoms with Crippen molar-refractivity contribution >= 4 is 83.4 Å². The highest BCUT2D eigenvalue weighted by atomic mass is 79.9. The molecule has 238 valence electrons. The molecule has 45 heavy (non-hydrogen) atoms. The van der Waals surface area contributed by atoms with Crippen LogP contribution in [-0.4, -0.2) is 63.7 Å². The van der Waals surface area contributed by atoms with Crippen molar-refractivity contribution in [2.24, 2.45) is 0 Å². The maximum atomic E-state index is 13.9. The largest absolute Gasteiger partial charge is 0.467 e. The van der Waals surface area contributed by atoms with E-state index in [1.807, 2.05) is 24.3 Å². The van der Waals surface area contributed by atoms with Crippen LogP contribution in [0.15, 0.2) is 57.7 Å². The molecular weight excluding hydrogens is 712 g/mol. The number of halogens is 2. The normalized spacial score (nSPS) is 12.9. The van der Waals surface area contributed by atoms with Gasteiger partial charge in [-0.2, -0.15) is 0 Å². The molecule has 0 bridgehead atoms. The van der Waals surface area contributed by atoms with E-state index in [-0.39, 0.29) is 24.7 Å². The lowest BCUT2D eigenvalue weighted by Gasteiger charge is -2.25. The fourth-order valence-electron chi connectivity index (χ4n) is 5.09. The molecule has 2 amide bonds. The monoisotopic (exact) mass is 744 g/mol. The maximum Gasteiger partial charge on any atom is 0.408 e. The number of ether oxygens (including phenoxy) is 2. The molecule has 0 unspecified atom stereocenters. The van der Waals surface area contributed by atoms with Crippen LogP contribution in [0, 0.1) is 0 Å². The van der Waals surface area contributed by atoms with Gasteiger partial charge >= 0.3 is 12.1 Å². The number of hydrogen-bond acceptors (Lipinski definition) is 7. The van der Waals surface area contributed by atoms with E-state index >= 15 is 0 Å². The molecule has 0 saturated heterocycles. The Morgan fingerprint density at radius 2 is 1.24 bits per heavy atom. The number of rotatable bonds is 8. The van der Waals surface area contributed by atoms with Crippen LogP contribution >= 0.6 is 31.9 Å². The first-order chi connectivity index (χ1) is 21.1. The number of methoxy groups -OCH3 is 1. The molecule has 13 heteroatoms. The second-order valence-corrected chi connectivity index (χ2v) is 13.4. The molecular formula is C32H34Br2N4O7. The van der Waals surface area contributed by atoms with Crippen LogP contribution in [-0.2, 0) is 31.9 Å². The van der Waals surface area contributed by atoms with Crippen molar-refractivity contribution in [1.82, 2.24) is 19.8 Å². The van der Waals surface area contributed by atoms with Crippen molar-refractivity contribution < 1.29 is 33.4 Å². The number of fused-ring (bicyclic) bond motifs is 2. The predicted molar refractivity (Wildman–Crippen MR) is 176 cm³/mol. The van der Waals surface area contributed by atoms with E-state index in [2.05, 4.69) is 42.5 Å². The summed E-state index contributed by atoms with van der Waals surface area (Å²) in [7, 11) is 1.21. The summed E-state index contributed by atoms with van der Waals surface area (Å²) in [5.41, 5.74) is 1.68. The van der Waals surface area contributed by atoms with Gasteiger partial charge in [-0.15, -0.1) is 0 Å². The molecule has 0 saturated carbocycles. The molecule has 0 fully saturated rings. The Morgan fingerprint density at radius 3 is 1.67 bits per heavy atom. The summed E-state index contributed by atoms with van der Waals surface area (Å²) in [5.74, 6) is -1.83.